The summed E-state index contributed by atoms with van der Waals surface area (Å²) in [5.74, 6) is 1.48. The molecule has 0 fully saturated rings. The van der Waals surface area contributed by atoms with Gasteiger partial charge in [0.05, 0.1) is 31.5 Å². The van der Waals surface area contributed by atoms with Crippen LogP contribution < -0.4 is 0 Å². The van der Waals surface area contributed by atoms with E-state index in [1.165, 1.54) is 0 Å². The van der Waals surface area contributed by atoms with Crippen molar-refractivity contribution in [2.75, 3.05) is 14.2 Å². The zero-order chi connectivity index (χ0) is 11.8. The molecule has 0 aromatic heterocycles. The Balaban J connectivity index is 2.22. The topological polar surface area (TPSA) is 43.2 Å². The van der Waals surface area contributed by atoms with E-state index in [1.54, 1.807) is 26.6 Å². The maximum Gasteiger partial charge on any atom is 0.183 e. The molecular weight excluding hydrogens is 216 g/mol. The zero-order valence-corrected chi connectivity index (χ0v) is 9.68. The molecule has 0 radical (unpaired) electrons. The Morgan fingerprint density at radius 3 is 2.65 bits per heavy atom. The van der Waals surface area contributed by atoms with Crippen LogP contribution in [0.5, 0.6) is 0 Å². The Labute approximate surface area is 99.4 Å². The van der Waals surface area contributed by atoms with Crippen LogP contribution in [0.15, 0.2) is 56.7 Å². The fourth-order valence-corrected chi connectivity index (χ4v) is 2.28. The quantitative estimate of drug-likeness (QED) is 0.725. The Morgan fingerprint density at radius 1 is 1.06 bits per heavy atom. The molecule has 0 spiro atoms. The predicted molar refractivity (Wildman–Crippen MR) is 65.8 cm³/mol. The Morgan fingerprint density at radius 2 is 1.88 bits per heavy atom. The standard InChI is InChI=1S/C13H12N2O2/c1-16-10-7-8-3-5-14-9-4-6-15-12(11(8)9)13(10)17-2/h3-7,11H,1-2H3. The molecule has 4 nitrogen and oxygen atoms in total. The molecule has 0 N–H and O–H groups in total. The highest BCUT2D eigenvalue weighted by Crippen LogP contribution is 2.41. The maximum atomic E-state index is 5.40. The molecule has 0 amide bonds. The van der Waals surface area contributed by atoms with E-state index in [0.29, 0.717) is 11.5 Å². The molecule has 0 aromatic carbocycles. The third kappa shape index (κ3) is 1.37. The minimum atomic E-state index is 0.0823. The van der Waals surface area contributed by atoms with E-state index >= 15 is 0 Å². The smallest absolute Gasteiger partial charge is 0.183 e. The molecule has 0 bridgehead atoms. The first-order valence-electron chi connectivity index (χ1n) is 5.38. The van der Waals surface area contributed by atoms with Crippen LogP contribution in [0.4, 0.5) is 0 Å². The summed E-state index contributed by atoms with van der Waals surface area (Å²) in [6.45, 7) is 0. The molecule has 2 heterocycles. The third-order valence-electron chi connectivity index (χ3n) is 3.03. The summed E-state index contributed by atoms with van der Waals surface area (Å²) in [6.07, 6.45) is 9.44. The van der Waals surface area contributed by atoms with Crippen molar-refractivity contribution < 1.29 is 9.47 Å². The molecular formula is C13H12N2O2. The van der Waals surface area contributed by atoms with E-state index in [9.17, 15) is 0 Å². The van der Waals surface area contributed by atoms with E-state index in [0.717, 1.165) is 17.0 Å². The number of rotatable bonds is 2. The molecule has 3 aliphatic rings. The van der Waals surface area contributed by atoms with Gasteiger partial charge in [0.2, 0.25) is 0 Å². The van der Waals surface area contributed by atoms with E-state index in [2.05, 4.69) is 9.98 Å². The fourth-order valence-electron chi connectivity index (χ4n) is 2.28. The number of allylic oxidation sites excluding steroid dienone is 3. The highest BCUT2D eigenvalue weighted by atomic mass is 16.5. The highest BCUT2D eigenvalue weighted by Gasteiger charge is 2.34. The average Bonchev–Trinajstić information content (AvgIpc) is 2.39. The average molecular weight is 228 g/mol. The molecule has 4 heteroatoms. The largest absolute Gasteiger partial charge is 0.493 e. The molecule has 2 aliphatic heterocycles. The van der Waals surface area contributed by atoms with Gasteiger partial charge >= 0.3 is 0 Å². The highest BCUT2D eigenvalue weighted by molar-refractivity contribution is 5.83. The van der Waals surface area contributed by atoms with Crippen LogP contribution in [0.1, 0.15) is 0 Å². The van der Waals surface area contributed by atoms with Crippen molar-refractivity contribution in [3.05, 3.63) is 46.7 Å². The van der Waals surface area contributed by atoms with Crippen molar-refractivity contribution in [1.29, 1.82) is 0 Å². The molecule has 0 aromatic rings. The number of hydrogen-bond acceptors (Lipinski definition) is 4. The van der Waals surface area contributed by atoms with Gasteiger partial charge in [0.15, 0.2) is 11.5 Å². The van der Waals surface area contributed by atoms with Gasteiger partial charge in [0.25, 0.3) is 0 Å². The summed E-state index contributed by atoms with van der Waals surface area (Å²) in [4.78, 5) is 8.76. The summed E-state index contributed by atoms with van der Waals surface area (Å²) < 4.78 is 10.7. The first kappa shape index (κ1) is 10.1. The van der Waals surface area contributed by atoms with E-state index in [4.69, 9.17) is 9.47 Å². The lowest BCUT2D eigenvalue weighted by Gasteiger charge is -2.30. The SMILES string of the molecule is COC1=CC2=CC=NC3=CC=NC(=C1OC)C23. The van der Waals surface area contributed by atoms with Gasteiger partial charge in [-0.2, -0.15) is 0 Å². The number of aliphatic imine (C=N–C) groups is 2. The third-order valence-corrected chi connectivity index (χ3v) is 3.03. The molecule has 86 valence electrons. The van der Waals surface area contributed by atoms with Crippen LogP contribution in [0.25, 0.3) is 0 Å². The van der Waals surface area contributed by atoms with Crippen molar-refractivity contribution >= 4 is 12.4 Å². The number of dihydropyridines is 2. The zero-order valence-electron chi connectivity index (χ0n) is 9.68. The monoisotopic (exact) mass is 228 g/mol. The summed E-state index contributed by atoms with van der Waals surface area (Å²) in [7, 11) is 3.26. The number of methoxy groups -OCH3 is 2. The fraction of sp³-hybridized carbons (Fsp3) is 0.231. The van der Waals surface area contributed by atoms with Crippen molar-refractivity contribution in [1.82, 2.24) is 0 Å². The van der Waals surface area contributed by atoms with Crippen LogP contribution in [0.3, 0.4) is 0 Å². The lowest BCUT2D eigenvalue weighted by Crippen LogP contribution is -2.21. The molecule has 17 heavy (non-hydrogen) atoms. The van der Waals surface area contributed by atoms with E-state index in [-0.39, 0.29) is 5.92 Å². The summed E-state index contributed by atoms with van der Waals surface area (Å²) in [6, 6.07) is 0. The summed E-state index contributed by atoms with van der Waals surface area (Å²) in [5, 5.41) is 0. The van der Waals surface area contributed by atoms with Gasteiger partial charge < -0.3 is 9.47 Å². The van der Waals surface area contributed by atoms with Crippen LogP contribution in [-0.2, 0) is 9.47 Å². The second-order valence-electron chi connectivity index (χ2n) is 3.88. The van der Waals surface area contributed by atoms with Gasteiger partial charge in [-0.05, 0) is 23.8 Å². The van der Waals surface area contributed by atoms with Gasteiger partial charge in [-0.25, -0.2) is 0 Å². The van der Waals surface area contributed by atoms with Gasteiger partial charge in [-0.3, -0.25) is 9.98 Å². The maximum absolute atomic E-state index is 5.40. The molecule has 1 aliphatic carbocycles. The van der Waals surface area contributed by atoms with Crippen LogP contribution in [0.2, 0.25) is 0 Å². The van der Waals surface area contributed by atoms with Gasteiger partial charge in [0.1, 0.15) is 0 Å². The minimum Gasteiger partial charge on any atom is -0.493 e. The number of hydrogen-bond donors (Lipinski definition) is 0. The van der Waals surface area contributed by atoms with Crippen molar-refractivity contribution in [3.63, 3.8) is 0 Å². The lowest BCUT2D eigenvalue weighted by molar-refractivity contribution is 0.212. The molecule has 3 rings (SSSR count). The number of ether oxygens (including phenoxy) is 2. The lowest BCUT2D eigenvalue weighted by atomic mass is 9.84. The van der Waals surface area contributed by atoms with Crippen LogP contribution >= 0.6 is 0 Å². The second kappa shape index (κ2) is 3.73. The van der Waals surface area contributed by atoms with E-state index < -0.39 is 0 Å². The Hall–Kier alpha value is -2.10. The summed E-state index contributed by atoms with van der Waals surface area (Å²) >= 11 is 0. The molecule has 0 saturated heterocycles. The van der Waals surface area contributed by atoms with Gasteiger partial charge in [0, 0.05) is 12.4 Å². The normalized spacial score (nSPS) is 24.8. The first-order chi connectivity index (χ1) is 8.35. The van der Waals surface area contributed by atoms with Crippen molar-refractivity contribution in [3.8, 4) is 0 Å². The van der Waals surface area contributed by atoms with Crippen molar-refractivity contribution in [2.24, 2.45) is 15.9 Å². The van der Waals surface area contributed by atoms with Crippen LogP contribution in [0, 0.1) is 5.92 Å². The molecule has 1 unspecified atom stereocenters. The van der Waals surface area contributed by atoms with E-state index in [1.807, 2.05) is 18.2 Å². The Kier molecular flexibility index (Phi) is 2.21. The van der Waals surface area contributed by atoms with Gasteiger partial charge in [-0.1, -0.05) is 0 Å². The first-order valence-corrected chi connectivity index (χ1v) is 5.38. The van der Waals surface area contributed by atoms with Crippen molar-refractivity contribution in [2.45, 2.75) is 0 Å². The second-order valence-corrected chi connectivity index (χ2v) is 3.88. The molecule has 0 saturated carbocycles. The summed E-state index contributed by atoms with van der Waals surface area (Å²) in [5.41, 5.74) is 3.00. The predicted octanol–water partition coefficient (Wildman–Crippen LogP) is 1.98. The Bertz CT molecular complexity index is 548. The number of nitrogens with zero attached hydrogens (tertiary/aromatic N) is 2. The molecule has 1 atom stereocenters. The van der Waals surface area contributed by atoms with Gasteiger partial charge in [-0.15, -0.1) is 0 Å². The minimum absolute atomic E-state index is 0.0823. The van der Waals surface area contributed by atoms with Crippen LogP contribution in [-0.4, -0.2) is 26.6 Å².